The zero-order chi connectivity index (χ0) is 19.1. The number of nitrogens with zero attached hydrogens (tertiary/aromatic N) is 4. The number of pyridine rings is 1. The maximum atomic E-state index is 14.4. The summed E-state index contributed by atoms with van der Waals surface area (Å²) < 4.78 is 28.8. The van der Waals surface area contributed by atoms with Gasteiger partial charge in [0.2, 0.25) is 5.82 Å². The lowest BCUT2D eigenvalue weighted by molar-refractivity contribution is -0.0126. The smallest absolute Gasteiger partial charge is 0.252 e. The van der Waals surface area contributed by atoms with E-state index in [4.69, 9.17) is 4.98 Å². The molecule has 2 heterocycles. The van der Waals surface area contributed by atoms with E-state index in [1.54, 1.807) is 0 Å². The van der Waals surface area contributed by atoms with Gasteiger partial charge >= 0.3 is 0 Å². The van der Waals surface area contributed by atoms with Crippen molar-refractivity contribution in [2.24, 2.45) is 0 Å². The highest BCUT2D eigenvalue weighted by Crippen LogP contribution is 2.46. The molecule has 144 valence electrons. The average Bonchev–Trinajstić information content (AvgIpc) is 3.41. The van der Waals surface area contributed by atoms with Crippen LogP contribution in [0.1, 0.15) is 55.0 Å². The second kappa shape index (κ2) is 6.72. The molecule has 0 unspecified atom stereocenters. The first kappa shape index (κ1) is 17.4. The topological polar surface area (TPSA) is 67.3 Å². The molecule has 28 heavy (non-hydrogen) atoms. The molecule has 0 bridgehead atoms. The highest BCUT2D eigenvalue weighted by atomic mass is 19.3. The first-order chi connectivity index (χ1) is 13.6. The van der Waals surface area contributed by atoms with Gasteiger partial charge in [-0.2, -0.15) is 5.21 Å². The standard InChI is InChI=1S/C21H21F2N5/c22-21(23)11-10-16-15(12-21)17(13-6-2-1-3-7-13)18(20-25-27-28-26-20)19(24-16)14-8-4-5-9-14/h1-3,6-7,14H,4-5,8-12H2,(H,25,26,27,28). The third kappa shape index (κ3) is 2.99. The molecular weight excluding hydrogens is 360 g/mol. The van der Waals surface area contributed by atoms with E-state index in [0.29, 0.717) is 23.7 Å². The molecule has 1 fully saturated rings. The van der Waals surface area contributed by atoms with E-state index in [9.17, 15) is 8.78 Å². The van der Waals surface area contributed by atoms with Crippen molar-refractivity contribution in [1.29, 1.82) is 0 Å². The molecule has 1 saturated carbocycles. The van der Waals surface area contributed by atoms with Crippen molar-refractivity contribution in [3.05, 3.63) is 47.3 Å². The van der Waals surface area contributed by atoms with Crippen molar-refractivity contribution in [1.82, 2.24) is 25.6 Å². The fourth-order valence-electron chi connectivity index (χ4n) is 4.65. The first-order valence-electron chi connectivity index (χ1n) is 9.85. The number of aromatic amines is 1. The van der Waals surface area contributed by atoms with Crippen LogP contribution in [-0.2, 0) is 12.8 Å². The number of alkyl halides is 2. The maximum absolute atomic E-state index is 14.4. The minimum Gasteiger partial charge on any atom is -0.256 e. The van der Waals surface area contributed by atoms with Gasteiger partial charge in [0.15, 0.2) is 0 Å². The van der Waals surface area contributed by atoms with Crippen molar-refractivity contribution >= 4 is 0 Å². The van der Waals surface area contributed by atoms with Gasteiger partial charge in [-0.1, -0.05) is 43.2 Å². The summed E-state index contributed by atoms with van der Waals surface area (Å²) in [5, 5.41) is 14.7. The molecule has 0 amide bonds. The Kier molecular flexibility index (Phi) is 4.18. The number of tetrazole rings is 1. The molecule has 2 aliphatic rings. The molecule has 0 saturated heterocycles. The van der Waals surface area contributed by atoms with Gasteiger partial charge in [-0.25, -0.2) is 8.78 Å². The van der Waals surface area contributed by atoms with Crippen LogP contribution in [0.4, 0.5) is 8.78 Å². The summed E-state index contributed by atoms with van der Waals surface area (Å²) in [6, 6.07) is 9.71. The fourth-order valence-corrected chi connectivity index (χ4v) is 4.65. The third-order valence-corrected chi connectivity index (χ3v) is 5.95. The van der Waals surface area contributed by atoms with Gasteiger partial charge < -0.3 is 0 Å². The molecule has 1 aromatic carbocycles. The lowest BCUT2D eigenvalue weighted by atomic mass is 9.82. The number of hydrogen-bond acceptors (Lipinski definition) is 4. The summed E-state index contributed by atoms with van der Waals surface area (Å²) in [7, 11) is 0. The quantitative estimate of drug-likeness (QED) is 0.713. The number of hydrogen-bond donors (Lipinski definition) is 1. The van der Waals surface area contributed by atoms with E-state index >= 15 is 0 Å². The summed E-state index contributed by atoms with van der Waals surface area (Å²) in [6.45, 7) is 0. The summed E-state index contributed by atoms with van der Waals surface area (Å²) in [4.78, 5) is 4.95. The molecule has 3 aromatic rings. The van der Waals surface area contributed by atoms with Crippen molar-refractivity contribution in [3.63, 3.8) is 0 Å². The number of H-pyrrole nitrogens is 1. The van der Waals surface area contributed by atoms with Crippen molar-refractivity contribution in [2.45, 2.75) is 56.8 Å². The molecule has 0 spiro atoms. The van der Waals surface area contributed by atoms with Crippen LogP contribution < -0.4 is 0 Å². The van der Waals surface area contributed by atoms with Crippen LogP contribution in [-0.4, -0.2) is 31.5 Å². The van der Waals surface area contributed by atoms with Gasteiger partial charge in [-0.05, 0) is 41.2 Å². The Hall–Kier alpha value is -2.70. The fraction of sp³-hybridized carbons (Fsp3) is 0.429. The molecule has 0 atom stereocenters. The Balaban J connectivity index is 1.83. The number of nitrogens with one attached hydrogen (secondary N) is 1. The van der Waals surface area contributed by atoms with Crippen LogP contribution >= 0.6 is 0 Å². The van der Waals surface area contributed by atoms with Gasteiger partial charge in [-0.3, -0.25) is 4.98 Å². The Labute approximate surface area is 161 Å². The van der Waals surface area contributed by atoms with Gasteiger partial charge in [0.25, 0.3) is 5.92 Å². The van der Waals surface area contributed by atoms with E-state index in [2.05, 4.69) is 20.6 Å². The van der Waals surface area contributed by atoms with Crippen molar-refractivity contribution in [3.8, 4) is 22.5 Å². The molecule has 2 aromatic heterocycles. The van der Waals surface area contributed by atoms with Crippen molar-refractivity contribution < 1.29 is 8.78 Å². The minimum absolute atomic E-state index is 0.146. The molecule has 1 N–H and O–H groups in total. The number of aromatic nitrogens is 5. The van der Waals surface area contributed by atoms with E-state index in [-0.39, 0.29) is 12.8 Å². The third-order valence-electron chi connectivity index (χ3n) is 5.95. The highest BCUT2D eigenvalue weighted by Gasteiger charge is 2.39. The predicted octanol–water partition coefficient (Wildman–Crippen LogP) is 4.71. The van der Waals surface area contributed by atoms with E-state index in [1.165, 1.54) is 0 Å². The Morgan fingerprint density at radius 3 is 2.54 bits per heavy atom. The molecule has 5 nitrogen and oxygen atoms in total. The van der Waals surface area contributed by atoms with Crippen molar-refractivity contribution in [2.75, 3.05) is 0 Å². The Bertz CT molecular complexity index is 980. The summed E-state index contributed by atoms with van der Waals surface area (Å²) in [5.74, 6) is -1.98. The highest BCUT2D eigenvalue weighted by molar-refractivity contribution is 5.85. The van der Waals surface area contributed by atoms with E-state index in [1.807, 2.05) is 30.3 Å². The summed E-state index contributed by atoms with van der Waals surface area (Å²) in [5.41, 5.74) is 4.85. The maximum Gasteiger partial charge on any atom is 0.252 e. The lowest BCUT2D eigenvalue weighted by Gasteiger charge is -2.29. The summed E-state index contributed by atoms with van der Waals surface area (Å²) in [6.07, 6.45) is 4.29. The molecule has 7 heteroatoms. The number of halogens is 2. The lowest BCUT2D eigenvalue weighted by Crippen LogP contribution is -2.28. The van der Waals surface area contributed by atoms with E-state index in [0.717, 1.165) is 53.8 Å². The van der Waals surface area contributed by atoms with Crippen LogP contribution in [0.3, 0.4) is 0 Å². The zero-order valence-corrected chi connectivity index (χ0v) is 15.5. The van der Waals surface area contributed by atoms with Crippen LogP contribution in [0.15, 0.2) is 30.3 Å². The number of aryl methyl sites for hydroxylation is 1. The average molecular weight is 381 g/mol. The Morgan fingerprint density at radius 1 is 1.04 bits per heavy atom. The monoisotopic (exact) mass is 381 g/mol. The molecule has 0 radical (unpaired) electrons. The van der Waals surface area contributed by atoms with Gasteiger partial charge in [-0.15, -0.1) is 10.2 Å². The van der Waals surface area contributed by atoms with Gasteiger partial charge in [0, 0.05) is 24.5 Å². The second-order valence-electron chi connectivity index (χ2n) is 7.79. The van der Waals surface area contributed by atoms with Crippen LogP contribution in [0.25, 0.3) is 22.5 Å². The second-order valence-corrected chi connectivity index (χ2v) is 7.79. The summed E-state index contributed by atoms with van der Waals surface area (Å²) >= 11 is 0. The molecule has 0 aliphatic heterocycles. The molecule has 2 aliphatic carbocycles. The normalized spacial score (nSPS) is 18.9. The van der Waals surface area contributed by atoms with Crippen LogP contribution in [0.2, 0.25) is 0 Å². The van der Waals surface area contributed by atoms with Crippen LogP contribution in [0.5, 0.6) is 0 Å². The molecular formula is C21H21F2N5. The number of rotatable bonds is 3. The van der Waals surface area contributed by atoms with Gasteiger partial charge in [0.1, 0.15) is 0 Å². The van der Waals surface area contributed by atoms with Gasteiger partial charge in [0.05, 0.1) is 11.3 Å². The zero-order valence-electron chi connectivity index (χ0n) is 15.5. The minimum atomic E-state index is -2.72. The largest absolute Gasteiger partial charge is 0.256 e. The number of benzene rings is 1. The number of fused-ring (bicyclic) bond motifs is 1. The van der Waals surface area contributed by atoms with Crippen LogP contribution in [0, 0.1) is 0 Å². The first-order valence-corrected chi connectivity index (χ1v) is 9.85. The predicted molar refractivity (Wildman–Crippen MR) is 101 cm³/mol. The van der Waals surface area contributed by atoms with E-state index < -0.39 is 5.92 Å². The Morgan fingerprint density at radius 2 is 1.82 bits per heavy atom. The molecule has 5 rings (SSSR count). The SMILES string of the molecule is FC1(F)CCc2nc(C3CCCC3)c(-c3nn[nH]n3)c(-c3ccccc3)c2C1.